The minimum atomic E-state index is 0.739. The molecule has 2 heteroatoms. The quantitative estimate of drug-likeness (QED) is 0.746. The lowest BCUT2D eigenvalue weighted by Crippen LogP contribution is -1.86. The Morgan fingerprint density at radius 1 is 1.14 bits per heavy atom. The topological polar surface area (TPSA) is 12.9 Å². The Bertz CT molecular complexity index is 489. The Balaban J connectivity index is 2.18. The summed E-state index contributed by atoms with van der Waals surface area (Å²) in [5.74, 6) is 0.739. The van der Waals surface area contributed by atoms with Gasteiger partial charge < -0.3 is 0 Å². The molecular weight excluding hydrogens is 238 g/mol. The third-order valence-electron chi connectivity index (χ3n) is 2.67. The van der Waals surface area contributed by atoms with Crippen LogP contribution in [0.2, 0.25) is 0 Å². The van der Waals surface area contributed by atoms with E-state index in [9.17, 15) is 0 Å². The molecule has 14 heavy (non-hydrogen) atoms. The SMILES string of the molecule is Brc1ccc2nc(C3CC3)ccc2c1. The molecule has 0 atom stereocenters. The summed E-state index contributed by atoms with van der Waals surface area (Å²) < 4.78 is 1.12. The van der Waals surface area contributed by atoms with Gasteiger partial charge in [-0.1, -0.05) is 22.0 Å². The van der Waals surface area contributed by atoms with Crippen LogP contribution in [-0.4, -0.2) is 4.98 Å². The molecule has 1 heterocycles. The van der Waals surface area contributed by atoms with Crippen LogP contribution in [-0.2, 0) is 0 Å². The van der Waals surface area contributed by atoms with Gasteiger partial charge in [0, 0.05) is 21.5 Å². The maximum Gasteiger partial charge on any atom is 0.0706 e. The summed E-state index contributed by atoms with van der Waals surface area (Å²) in [6.07, 6.45) is 2.63. The van der Waals surface area contributed by atoms with Crippen molar-refractivity contribution in [3.8, 4) is 0 Å². The first-order valence-electron chi connectivity index (χ1n) is 4.89. The van der Waals surface area contributed by atoms with Crippen molar-refractivity contribution in [2.24, 2.45) is 0 Å². The van der Waals surface area contributed by atoms with Crippen molar-refractivity contribution >= 4 is 26.8 Å². The van der Waals surface area contributed by atoms with E-state index in [2.05, 4.69) is 45.2 Å². The van der Waals surface area contributed by atoms with Crippen molar-refractivity contribution in [2.75, 3.05) is 0 Å². The number of hydrogen-bond donors (Lipinski definition) is 0. The molecule has 1 aromatic carbocycles. The number of aromatic nitrogens is 1. The Morgan fingerprint density at radius 2 is 2.00 bits per heavy atom. The van der Waals surface area contributed by atoms with Gasteiger partial charge in [0.05, 0.1) is 5.52 Å². The van der Waals surface area contributed by atoms with Crippen molar-refractivity contribution in [1.29, 1.82) is 0 Å². The number of benzene rings is 1. The lowest BCUT2D eigenvalue weighted by atomic mass is 10.2. The van der Waals surface area contributed by atoms with Crippen LogP contribution in [0.1, 0.15) is 24.5 Å². The lowest BCUT2D eigenvalue weighted by molar-refractivity contribution is 1.04. The summed E-state index contributed by atoms with van der Waals surface area (Å²) in [6.45, 7) is 0. The van der Waals surface area contributed by atoms with Gasteiger partial charge in [0.25, 0.3) is 0 Å². The molecule has 2 aromatic rings. The van der Waals surface area contributed by atoms with Crippen molar-refractivity contribution in [2.45, 2.75) is 18.8 Å². The number of hydrogen-bond acceptors (Lipinski definition) is 1. The van der Waals surface area contributed by atoms with Crippen LogP contribution >= 0.6 is 15.9 Å². The molecule has 0 N–H and O–H groups in total. The zero-order valence-electron chi connectivity index (χ0n) is 7.70. The van der Waals surface area contributed by atoms with Crippen molar-refractivity contribution in [3.05, 3.63) is 40.5 Å². The lowest BCUT2D eigenvalue weighted by Gasteiger charge is -2.01. The number of nitrogens with zero attached hydrogens (tertiary/aromatic N) is 1. The van der Waals surface area contributed by atoms with Crippen LogP contribution in [0.5, 0.6) is 0 Å². The van der Waals surface area contributed by atoms with Gasteiger partial charge in [0.1, 0.15) is 0 Å². The zero-order valence-corrected chi connectivity index (χ0v) is 9.29. The summed E-state index contributed by atoms with van der Waals surface area (Å²) >= 11 is 3.46. The maximum absolute atomic E-state index is 4.66. The molecule has 1 aliphatic rings. The largest absolute Gasteiger partial charge is 0.253 e. The van der Waals surface area contributed by atoms with Crippen LogP contribution in [0, 0.1) is 0 Å². The van der Waals surface area contributed by atoms with Crippen LogP contribution in [0.25, 0.3) is 10.9 Å². The molecule has 1 saturated carbocycles. The van der Waals surface area contributed by atoms with Crippen molar-refractivity contribution < 1.29 is 0 Å². The van der Waals surface area contributed by atoms with Crippen molar-refractivity contribution in [1.82, 2.24) is 4.98 Å². The van der Waals surface area contributed by atoms with Gasteiger partial charge in [0.2, 0.25) is 0 Å². The highest BCUT2D eigenvalue weighted by molar-refractivity contribution is 9.10. The Morgan fingerprint density at radius 3 is 2.79 bits per heavy atom. The summed E-state index contributed by atoms with van der Waals surface area (Å²) in [5.41, 5.74) is 2.37. The van der Waals surface area contributed by atoms with Gasteiger partial charge in [-0.25, -0.2) is 0 Å². The van der Waals surface area contributed by atoms with Crippen LogP contribution in [0.15, 0.2) is 34.8 Å². The molecule has 70 valence electrons. The highest BCUT2D eigenvalue weighted by Gasteiger charge is 2.24. The molecule has 0 radical (unpaired) electrons. The minimum absolute atomic E-state index is 0.739. The second-order valence-corrected chi connectivity index (χ2v) is 4.76. The van der Waals surface area contributed by atoms with E-state index in [4.69, 9.17) is 0 Å². The molecule has 0 aliphatic heterocycles. The average molecular weight is 248 g/mol. The fourth-order valence-corrected chi connectivity index (χ4v) is 2.10. The molecule has 3 rings (SSSR count). The third kappa shape index (κ3) is 1.44. The summed E-state index contributed by atoms with van der Waals surface area (Å²) in [7, 11) is 0. The first-order chi connectivity index (χ1) is 6.83. The highest BCUT2D eigenvalue weighted by Crippen LogP contribution is 2.39. The normalized spacial score (nSPS) is 16.1. The molecular formula is C12H10BrN. The number of rotatable bonds is 1. The van der Waals surface area contributed by atoms with Gasteiger partial charge in [0.15, 0.2) is 0 Å². The molecule has 1 aliphatic carbocycles. The maximum atomic E-state index is 4.66. The molecule has 0 amide bonds. The van der Waals surface area contributed by atoms with Gasteiger partial charge in [-0.05, 0) is 37.1 Å². The summed E-state index contributed by atoms with van der Waals surface area (Å²) in [5, 5.41) is 1.21. The van der Waals surface area contributed by atoms with Gasteiger partial charge in [-0.3, -0.25) is 4.98 Å². The first kappa shape index (κ1) is 8.42. The zero-order chi connectivity index (χ0) is 9.54. The smallest absolute Gasteiger partial charge is 0.0706 e. The molecule has 1 fully saturated rings. The fraction of sp³-hybridized carbons (Fsp3) is 0.250. The van der Waals surface area contributed by atoms with E-state index in [1.165, 1.54) is 23.9 Å². The molecule has 0 saturated heterocycles. The number of fused-ring (bicyclic) bond motifs is 1. The second-order valence-electron chi connectivity index (χ2n) is 3.85. The second kappa shape index (κ2) is 3.06. The molecule has 0 spiro atoms. The van der Waals surface area contributed by atoms with E-state index < -0.39 is 0 Å². The minimum Gasteiger partial charge on any atom is -0.253 e. The van der Waals surface area contributed by atoms with Crippen LogP contribution < -0.4 is 0 Å². The van der Waals surface area contributed by atoms with Crippen molar-refractivity contribution in [3.63, 3.8) is 0 Å². The van der Waals surface area contributed by atoms with E-state index >= 15 is 0 Å². The third-order valence-corrected chi connectivity index (χ3v) is 3.16. The number of halogens is 1. The van der Waals surface area contributed by atoms with E-state index in [-0.39, 0.29) is 0 Å². The van der Waals surface area contributed by atoms with E-state index in [1.807, 2.05) is 6.07 Å². The predicted octanol–water partition coefficient (Wildman–Crippen LogP) is 3.87. The first-order valence-corrected chi connectivity index (χ1v) is 5.68. The van der Waals surface area contributed by atoms with E-state index in [0.717, 1.165) is 15.9 Å². The molecule has 0 bridgehead atoms. The van der Waals surface area contributed by atoms with Gasteiger partial charge in [-0.2, -0.15) is 0 Å². The Hall–Kier alpha value is -0.890. The summed E-state index contributed by atoms with van der Waals surface area (Å²) in [4.78, 5) is 4.66. The fourth-order valence-electron chi connectivity index (χ4n) is 1.72. The average Bonchev–Trinajstić information content (AvgIpc) is 3.00. The highest BCUT2D eigenvalue weighted by atomic mass is 79.9. The van der Waals surface area contributed by atoms with E-state index in [1.54, 1.807) is 0 Å². The molecule has 1 nitrogen and oxygen atoms in total. The molecule has 1 aromatic heterocycles. The van der Waals surface area contributed by atoms with Crippen LogP contribution in [0.4, 0.5) is 0 Å². The Labute approximate surface area is 91.3 Å². The van der Waals surface area contributed by atoms with Crippen LogP contribution in [0.3, 0.4) is 0 Å². The standard InChI is InChI=1S/C12H10BrN/c13-10-4-6-12-9(7-10)3-5-11(14-12)8-1-2-8/h3-8H,1-2H2. The predicted molar refractivity (Wildman–Crippen MR) is 61.4 cm³/mol. The Kier molecular flexibility index (Phi) is 1.84. The number of pyridine rings is 1. The van der Waals surface area contributed by atoms with Gasteiger partial charge in [-0.15, -0.1) is 0 Å². The monoisotopic (exact) mass is 247 g/mol. The molecule has 0 unspecified atom stereocenters. The van der Waals surface area contributed by atoms with Gasteiger partial charge >= 0.3 is 0 Å². The van der Waals surface area contributed by atoms with E-state index in [0.29, 0.717) is 0 Å². The summed E-state index contributed by atoms with van der Waals surface area (Å²) in [6, 6.07) is 10.6.